The molecule has 1 aliphatic rings. The van der Waals surface area contributed by atoms with E-state index in [1.54, 1.807) is 33.0 Å². The number of sulfonamides is 1. The molecule has 0 aliphatic carbocycles. The second-order valence-electron chi connectivity index (χ2n) is 7.55. The summed E-state index contributed by atoms with van der Waals surface area (Å²) in [4.78, 5) is 6.39. The van der Waals surface area contributed by atoms with Crippen molar-refractivity contribution in [2.75, 3.05) is 32.9 Å². The number of guanidine groups is 1. The fourth-order valence-electron chi connectivity index (χ4n) is 3.16. The third-order valence-corrected chi connectivity index (χ3v) is 5.09. The average molecular weight is 401 g/mol. The number of rotatable bonds is 5. The van der Waals surface area contributed by atoms with Gasteiger partial charge in [0.05, 0.1) is 18.9 Å². The third-order valence-electron chi connectivity index (χ3n) is 4.16. The van der Waals surface area contributed by atoms with Gasteiger partial charge in [0.2, 0.25) is 10.0 Å². The molecule has 0 radical (unpaired) electrons. The predicted molar refractivity (Wildman–Crippen MR) is 105 cm³/mol. The van der Waals surface area contributed by atoms with Gasteiger partial charge in [-0.3, -0.25) is 4.99 Å². The Bertz CT molecular complexity index is 765. The first-order chi connectivity index (χ1) is 12.5. The van der Waals surface area contributed by atoms with E-state index in [9.17, 15) is 12.8 Å². The van der Waals surface area contributed by atoms with Gasteiger partial charge in [-0.05, 0) is 38.5 Å². The molecular weight excluding hydrogens is 371 g/mol. The Kier molecular flexibility index (Phi) is 6.82. The molecule has 0 bridgehead atoms. The topological polar surface area (TPSA) is 83.0 Å². The maximum atomic E-state index is 13.2. The smallest absolute Gasteiger partial charge is 0.209 e. The molecule has 1 fully saturated rings. The van der Waals surface area contributed by atoms with Gasteiger partial charge in [-0.1, -0.05) is 12.1 Å². The quantitative estimate of drug-likeness (QED) is 0.578. The largest absolute Gasteiger partial charge is 0.367 e. The van der Waals surface area contributed by atoms with Gasteiger partial charge >= 0.3 is 0 Å². The van der Waals surface area contributed by atoms with E-state index >= 15 is 0 Å². The van der Waals surface area contributed by atoms with Gasteiger partial charge in [0.1, 0.15) is 11.9 Å². The number of nitrogens with one attached hydrogen (secondary N) is 2. The van der Waals surface area contributed by atoms with Crippen LogP contribution in [0, 0.1) is 5.82 Å². The molecule has 0 aromatic heterocycles. The fraction of sp³-hybridized carbons (Fsp3) is 0.611. The lowest BCUT2D eigenvalue weighted by Gasteiger charge is -2.39. The van der Waals surface area contributed by atoms with Crippen LogP contribution >= 0.6 is 0 Å². The molecular formula is C18H29FN4O3S. The van der Waals surface area contributed by atoms with Crippen LogP contribution in [0.5, 0.6) is 0 Å². The molecule has 0 saturated carbocycles. The lowest BCUT2D eigenvalue weighted by molar-refractivity contribution is -0.0605. The summed E-state index contributed by atoms with van der Waals surface area (Å²) >= 11 is 0. The van der Waals surface area contributed by atoms with Gasteiger partial charge in [0, 0.05) is 25.7 Å². The Morgan fingerprint density at radius 2 is 1.96 bits per heavy atom. The molecule has 7 nitrogen and oxygen atoms in total. The molecule has 0 spiro atoms. The summed E-state index contributed by atoms with van der Waals surface area (Å²) < 4.78 is 44.8. The van der Waals surface area contributed by atoms with Crippen molar-refractivity contribution in [3.05, 3.63) is 35.6 Å². The molecule has 1 heterocycles. The number of nitrogens with zero attached hydrogens (tertiary/aromatic N) is 2. The zero-order valence-electron chi connectivity index (χ0n) is 16.5. The highest BCUT2D eigenvalue weighted by atomic mass is 32.2. The van der Waals surface area contributed by atoms with E-state index < -0.39 is 15.6 Å². The predicted octanol–water partition coefficient (Wildman–Crippen LogP) is 1.49. The molecule has 1 aromatic carbocycles. The van der Waals surface area contributed by atoms with E-state index in [1.165, 1.54) is 12.1 Å². The first-order valence-corrected chi connectivity index (χ1v) is 10.7. The van der Waals surface area contributed by atoms with Gasteiger partial charge in [-0.2, -0.15) is 0 Å². The summed E-state index contributed by atoms with van der Waals surface area (Å²) in [6, 6.07) is 6.31. The number of halogens is 1. The normalized spacial score (nSPS) is 22.0. The van der Waals surface area contributed by atoms with Crippen molar-refractivity contribution in [1.29, 1.82) is 0 Å². The Morgan fingerprint density at radius 3 is 2.52 bits per heavy atom. The van der Waals surface area contributed by atoms with E-state index in [0.29, 0.717) is 25.6 Å². The van der Waals surface area contributed by atoms with Gasteiger partial charge in [-0.25, -0.2) is 17.5 Å². The van der Waals surface area contributed by atoms with E-state index in [0.717, 1.165) is 11.8 Å². The summed E-state index contributed by atoms with van der Waals surface area (Å²) in [6.45, 7) is 7.17. The molecule has 2 N–H and O–H groups in total. The number of hydrogen-bond donors (Lipinski definition) is 2. The summed E-state index contributed by atoms with van der Waals surface area (Å²) in [6.07, 6.45) is 0.908. The number of hydrogen-bond acceptors (Lipinski definition) is 4. The number of benzene rings is 1. The van der Waals surface area contributed by atoms with Crippen LogP contribution in [0.1, 0.15) is 32.4 Å². The number of morpholine rings is 1. The summed E-state index contributed by atoms with van der Waals surface area (Å²) in [5.41, 5.74) is 0.236. The summed E-state index contributed by atoms with van der Waals surface area (Å²) in [5.74, 6) is 0.387. The summed E-state index contributed by atoms with van der Waals surface area (Å²) in [5, 5.41) is 3.24. The van der Waals surface area contributed by atoms with E-state index in [-0.39, 0.29) is 18.0 Å². The van der Waals surface area contributed by atoms with E-state index in [2.05, 4.69) is 19.9 Å². The van der Waals surface area contributed by atoms with Crippen LogP contribution in [-0.2, 0) is 14.8 Å². The Morgan fingerprint density at radius 1 is 1.33 bits per heavy atom. The monoisotopic (exact) mass is 400 g/mol. The van der Waals surface area contributed by atoms with Crippen LogP contribution in [0.2, 0.25) is 0 Å². The van der Waals surface area contributed by atoms with Gasteiger partial charge < -0.3 is 15.0 Å². The van der Waals surface area contributed by atoms with E-state index in [4.69, 9.17) is 4.74 Å². The fourth-order valence-corrected chi connectivity index (χ4v) is 4.23. The minimum absolute atomic E-state index is 0.0329. The van der Waals surface area contributed by atoms with Gasteiger partial charge in [0.15, 0.2) is 5.96 Å². The number of aliphatic imine (C=N–C) groups is 1. The standard InChI is InChI=1S/C18H29FN4O3S/c1-13-10-23(11-16(26-13)14-6-8-15(19)9-7-14)17(20-4)21-12-18(2,3)22-27(5,24)25/h6-9,13,16,22H,10-12H2,1-5H3,(H,20,21). The second-order valence-corrected chi connectivity index (χ2v) is 9.30. The SMILES string of the molecule is CN=C(NCC(C)(C)NS(C)(=O)=O)N1CC(C)OC(c2ccc(F)cc2)C1. The first-order valence-electron chi connectivity index (χ1n) is 8.84. The Balaban J connectivity index is 2.06. The van der Waals surface area contributed by atoms with Crippen LogP contribution in [0.25, 0.3) is 0 Å². The molecule has 0 amide bonds. The van der Waals surface area contributed by atoms with Crippen molar-refractivity contribution < 1.29 is 17.5 Å². The minimum atomic E-state index is -3.31. The maximum Gasteiger partial charge on any atom is 0.209 e. The highest BCUT2D eigenvalue weighted by molar-refractivity contribution is 7.88. The lowest BCUT2D eigenvalue weighted by Crippen LogP contribution is -2.56. The van der Waals surface area contributed by atoms with Crippen molar-refractivity contribution in [1.82, 2.24) is 14.9 Å². The molecule has 2 atom stereocenters. The Labute approximate surface area is 161 Å². The molecule has 152 valence electrons. The van der Waals surface area contributed by atoms with Gasteiger partial charge in [-0.15, -0.1) is 0 Å². The molecule has 1 aliphatic heterocycles. The Hall–Kier alpha value is -1.71. The lowest BCUT2D eigenvalue weighted by atomic mass is 10.1. The molecule has 1 aromatic rings. The molecule has 27 heavy (non-hydrogen) atoms. The van der Waals surface area contributed by atoms with Gasteiger partial charge in [0.25, 0.3) is 0 Å². The highest BCUT2D eigenvalue weighted by Crippen LogP contribution is 2.25. The molecule has 2 rings (SSSR count). The molecule has 9 heteroatoms. The van der Waals surface area contributed by atoms with Crippen LogP contribution in [-0.4, -0.2) is 63.9 Å². The van der Waals surface area contributed by atoms with Crippen LogP contribution in [0.15, 0.2) is 29.3 Å². The van der Waals surface area contributed by atoms with Crippen LogP contribution < -0.4 is 10.0 Å². The molecule has 2 unspecified atom stereocenters. The maximum absolute atomic E-state index is 13.2. The third kappa shape index (κ3) is 6.75. The van der Waals surface area contributed by atoms with Crippen molar-refractivity contribution in [3.8, 4) is 0 Å². The van der Waals surface area contributed by atoms with Crippen molar-refractivity contribution in [2.24, 2.45) is 4.99 Å². The average Bonchev–Trinajstić information content (AvgIpc) is 2.53. The second kappa shape index (κ2) is 8.53. The van der Waals surface area contributed by atoms with E-state index in [1.807, 2.05) is 6.92 Å². The zero-order chi connectivity index (χ0) is 20.2. The van der Waals surface area contributed by atoms with Crippen molar-refractivity contribution >= 4 is 16.0 Å². The zero-order valence-corrected chi connectivity index (χ0v) is 17.3. The van der Waals surface area contributed by atoms with Crippen LogP contribution in [0.4, 0.5) is 4.39 Å². The van der Waals surface area contributed by atoms with Crippen molar-refractivity contribution in [3.63, 3.8) is 0 Å². The highest BCUT2D eigenvalue weighted by Gasteiger charge is 2.29. The van der Waals surface area contributed by atoms with Crippen LogP contribution in [0.3, 0.4) is 0 Å². The number of ether oxygens (including phenoxy) is 1. The van der Waals surface area contributed by atoms with Crippen molar-refractivity contribution in [2.45, 2.75) is 38.5 Å². The minimum Gasteiger partial charge on any atom is -0.367 e. The molecule has 1 saturated heterocycles. The summed E-state index contributed by atoms with van der Waals surface area (Å²) in [7, 11) is -1.63. The first kappa shape index (κ1) is 21.6.